The van der Waals surface area contributed by atoms with Crippen LogP contribution in [0.3, 0.4) is 0 Å². The number of nitriles is 1. The number of rotatable bonds is 3. The summed E-state index contributed by atoms with van der Waals surface area (Å²) in [5.41, 5.74) is 7.54. The largest absolute Gasteiger partial charge is 0.496 e. The van der Waals surface area contributed by atoms with E-state index in [-0.39, 0.29) is 5.82 Å². The zero-order valence-electron chi connectivity index (χ0n) is 10.7. The van der Waals surface area contributed by atoms with E-state index in [1.165, 1.54) is 24.5 Å². The van der Waals surface area contributed by atoms with Crippen molar-refractivity contribution in [3.05, 3.63) is 34.5 Å². The molecule has 2 rings (SSSR count). The van der Waals surface area contributed by atoms with Gasteiger partial charge in [0.05, 0.1) is 18.4 Å². The second kappa shape index (κ2) is 5.29. The van der Waals surface area contributed by atoms with Crippen molar-refractivity contribution >= 4 is 17.0 Å². The van der Waals surface area contributed by atoms with Crippen LogP contribution in [-0.4, -0.2) is 7.11 Å². The summed E-state index contributed by atoms with van der Waals surface area (Å²) in [5, 5.41) is 9.05. The number of benzene rings is 1. The lowest BCUT2D eigenvalue weighted by atomic mass is 10.0. The highest BCUT2D eigenvalue weighted by Crippen LogP contribution is 2.43. The lowest BCUT2D eigenvalue weighted by Crippen LogP contribution is -1.94. The Labute approximate surface area is 115 Å². The number of hydrogen-bond donors (Lipinski definition) is 1. The van der Waals surface area contributed by atoms with Crippen LogP contribution in [-0.2, 0) is 6.42 Å². The van der Waals surface area contributed by atoms with Crippen LogP contribution in [0.15, 0.2) is 18.2 Å². The summed E-state index contributed by atoms with van der Waals surface area (Å²) in [5.74, 6) is 0.0697. The van der Waals surface area contributed by atoms with Gasteiger partial charge in [-0.3, -0.25) is 0 Å². The lowest BCUT2D eigenvalue weighted by molar-refractivity contribution is 0.413. The summed E-state index contributed by atoms with van der Waals surface area (Å²) in [4.78, 5) is 1.09. The molecule has 1 aromatic carbocycles. The molecule has 0 saturated heterocycles. The second-order valence-corrected chi connectivity index (χ2v) is 4.96. The zero-order valence-corrected chi connectivity index (χ0v) is 11.5. The van der Waals surface area contributed by atoms with Crippen molar-refractivity contribution in [2.75, 3.05) is 12.8 Å². The van der Waals surface area contributed by atoms with Crippen LogP contribution in [0.4, 0.5) is 10.1 Å². The van der Waals surface area contributed by atoms with Crippen LogP contribution in [0.5, 0.6) is 5.75 Å². The van der Waals surface area contributed by atoms with Crippen molar-refractivity contribution in [1.82, 2.24) is 0 Å². The molecular formula is C14H13FN2OS. The standard InChI is InChI=1S/C14H13FN2OS/c1-3-8-13(17)11(7-16)19-14(8)12-9(15)5-4-6-10(12)18-2/h4-6H,3,17H2,1-2H3. The van der Waals surface area contributed by atoms with Crippen LogP contribution in [0, 0.1) is 17.1 Å². The Morgan fingerprint density at radius 3 is 2.79 bits per heavy atom. The van der Waals surface area contributed by atoms with E-state index in [1.807, 2.05) is 13.0 Å². The quantitative estimate of drug-likeness (QED) is 0.932. The van der Waals surface area contributed by atoms with Gasteiger partial charge in [-0.2, -0.15) is 5.26 Å². The molecule has 0 spiro atoms. The summed E-state index contributed by atoms with van der Waals surface area (Å²) in [7, 11) is 1.49. The first-order valence-electron chi connectivity index (χ1n) is 5.78. The minimum absolute atomic E-state index is 0.375. The van der Waals surface area contributed by atoms with Crippen molar-refractivity contribution in [2.24, 2.45) is 0 Å². The first-order valence-corrected chi connectivity index (χ1v) is 6.59. The van der Waals surface area contributed by atoms with Crippen molar-refractivity contribution in [2.45, 2.75) is 13.3 Å². The number of nitrogens with two attached hydrogens (primary N) is 1. The molecular weight excluding hydrogens is 263 g/mol. The summed E-state index contributed by atoms with van der Waals surface area (Å²) in [6, 6.07) is 6.70. The Morgan fingerprint density at radius 2 is 2.21 bits per heavy atom. The highest BCUT2D eigenvalue weighted by atomic mass is 32.1. The number of nitrogens with zero attached hydrogens (tertiary/aromatic N) is 1. The SMILES string of the molecule is CCc1c(-c2c(F)cccc2OC)sc(C#N)c1N. The normalized spacial score (nSPS) is 10.2. The average Bonchev–Trinajstić information content (AvgIpc) is 2.74. The molecule has 5 heteroatoms. The van der Waals surface area contributed by atoms with E-state index in [9.17, 15) is 4.39 Å². The molecule has 0 aliphatic heterocycles. The fourth-order valence-electron chi connectivity index (χ4n) is 2.01. The Hall–Kier alpha value is -2.06. The van der Waals surface area contributed by atoms with E-state index in [0.717, 1.165) is 5.56 Å². The van der Waals surface area contributed by atoms with Crippen LogP contribution < -0.4 is 10.5 Å². The highest BCUT2D eigenvalue weighted by Gasteiger charge is 2.21. The molecule has 0 aliphatic carbocycles. The molecule has 0 unspecified atom stereocenters. The molecule has 0 aliphatic rings. The number of anilines is 1. The summed E-state index contributed by atoms with van der Waals surface area (Å²) in [6.45, 7) is 1.93. The van der Waals surface area contributed by atoms with E-state index in [1.54, 1.807) is 12.1 Å². The highest BCUT2D eigenvalue weighted by molar-refractivity contribution is 7.16. The van der Waals surface area contributed by atoms with Gasteiger partial charge in [-0.05, 0) is 24.1 Å². The van der Waals surface area contributed by atoms with Gasteiger partial charge >= 0.3 is 0 Å². The minimum Gasteiger partial charge on any atom is -0.496 e. The molecule has 0 fully saturated rings. The fourth-order valence-corrected chi connectivity index (χ4v) is 3.17. The first-order chi connectivity index (χ1) is 9.13. The number of nitrogen functional groups attached to an aromatic ring is 1. The lowest BCUT2D eigenvalue weighted by Gasteiger charge is -2.09. The molecule has 1 aromatic heterocycles. The minimum atomic E-state index is -0.375. The Balaban J connectivity index is 2.76. The number of methoxy groups -OCH3 is 1. The smallest absolute Gasteiger partial charge is 0.135 e. The van der Waals surface area contributed by atoms with Gasteiger partial charge in [0.1, 0.15) is 22.5 Å². The maximum atomic E-state index is 14.1. The summed E-state index contributed by atoms with van der Waals surface area (Å²) < 4.78 is 19.3. The van der Waals surface area contributed by atoms with Gasteiger partial charge in [-0.25, -0.2) is 4.39 Å². The van der Waals surface area contributed by atoms with E-state index in [2.05, 4.69) is 0 Å². The van der Waals surface area contributed by atoms with Gasteiger partial charge in [-0.1, -0.05) is 13.0 Å². The Morgan fingerprint density at radius 1 is 1.47 bits per heavy atom. The van der Waals surface area contributed by atoms with E-state index < -0.39 is 0 Å². The van der Waals surface area contributed by atoms with Crippen molar-refractivity contribution in [3.63, 3.8) is 0 Å². The molecule has 0 saturated carbocycles. The van der Waals surface area contributed by atoms with Gasteiger partial charge in [-0.15, -0.1) is 11.3 Å². The van der Waals surface area contributed by atoms with Crippen LogP contribution >= 0.6 is 11.3 Å². The molecule has 19 heavy (non-hydrogen) atoms. The van der Waals surface area contributed by atoms with Crippen molar-refractivity contribution in [3.8, 4) is 22.3 Å². The molecule has 0 amide bonds. The molecule has 2 aromatic rings. The molecule has 0 bridgehead atoms. The molecule has 1 heterocycles. The fraction of sp³-hybridized carbons (Fsp3) is 0.214. The van der Waals surface area contributed by atoms with Gasteiger partial charge in [0.25, 0.3) is 0 Å². The third-order valence-electron chi connectivity index (χ3n) is 2.93. The summed E-state index contributed by atoms with van der Waals surface area (Å²) in [6.07, 6.45) is 0.636. The van der Waals surface area contributed by atoms with Crippen molar-refractivity contribution in [1.29, 1.82) is 5.26 Å². The third-order valence-corrected chi connectivity index (χ3v) is 4.10. The van der Waals surface area contributed by atoms with E-state index in [4.69, 9.17) is 15.7 Å². The topological polar surface area (TPSA) is 59.0 Å². The average molecular weight is 276 g/mol. The van der Waals surface area contributed by atoms with Gasteiger partial charge in [0.15, 0.2) is 0 Å². The first kappa shape index (κ1) is 13.4. The number of hydrogen-bond acceptors (Lipinski definition) is 4. The van der Waals surface area contributed by atoms with E-state index in [0.29, 0.717) is 33.2 Å². The van der Waals surface area contributed by atoms with Gasteiger partial charge < -0.3 is 10.5 Å². The molecule has 3 nitrogen and oxygen atoms in total. The van der Waals surface area contributed by atoms with Crippen molar-refractivity contribution < 1.29 is 9.13 Å². The van der Waals surface area contributed by atoms with Gasteiger partial charge in [0, 0.05) is 4.88 Å². The maximum Gasteiger partial charge on any atom is 0.135 e. The Kier molecular flexibility index (Phi) is 3.72. The number of thiophene rings is 1. The maximum absolute atomic E-state index is 14.1. The predicted octanol–water partition coefficient (Wildman–Crippen LogP) is 3.58. The van der Waals surface area contributed by atoms with Crippen LogP contribution in [0.2, 0.25) is 0 Å². The zero-order chi connectivity index (χ0) is 14.0. The number of halogens is 1. The van der Waals surface area contributed by atoms with Gasteiger partial charge in [0.2, 0.25) is 0 Å². The Bertz CT molecular complexity index is 658. The number of ether oxygens (including phenoxy) is 1. The third kappa shape index (κ3) is 2.15. The molecule has 2 N–H and O–H groups in total. The summed E-state index contributed by atoms with van der Waals surface area (Å²) >= 11 is 1.20. The molecule has 98 valence electrons. The second-order valence-electron chi connectivity index (χ2n) is 3.93. The predicted molar refractivity (Wildman–Crippen MR) is 74.8 cm³/mol. The monoisotopic (exact) mass is 276 g/mol. The van der Waals surface area contributed by atoms with Crippen LogP contribution in [0.1, 0.15) is 17.4 Å². The van der Waals surface area contributed by atoms with E-state index >= 15 is 0 Å². The molecule has 0 radical (unpaired) electrons. The molecule has 0 atom stereocenters. The van der Waals surface area contributed by atoms with Crippen LogP contribution in [0.25, 0.3) is 10.4 Å².